The highest BCUT2D eigenvalue weighted by atomic mass is 32.2. The van der Waals surface area contributed by atoms with E-state index in [0.717, 1.165) is 38.5 Å². The van der Waals surface area contributed by atoms with Gasteiger partial charge in [0.1, 0.15) is 5.82 Å². The number of nitrogens with one attached hydrogen (secondary N) is 1. The van der Waals surface area contributed by atoms with Crippen LogP contribution in [0.5, 0.6) is 0 Å². The van der Waals surface area contributed by atoms with Gasteiger partial charge in [-0.1, -0.05) is 0 Å². The SMILES string of the molecule is NS(=O)(=O)c1ccc(N2CC3CCCNC3C2)c(F)c1. The monoisotopic (exact) mass is 299 g/mol. The summed E-state index contributed by atoms with van der Waals surface area (Å²) in [5, 5.41) is 8.46. The second-order valence-corrected chi connectivity index (χ2v) is 7.09. The van der Waals surface area contributed by atoms with Crippen molar-refractivity contribution in [2.24, 2.45) is 11.1 Å². The van der Waals surface area contributed by atoms with E-state index in [9.17, 15) is 12.8 Å². The fourth-order valence-corrected chi connectivity index (χ4v) is 3.69. The maximum atomic E-state index is 14.1. The average molecular weight is 299 g/mol. The molecule has 0 saturated carbocycles. The van der Waals surface area contributed by atoms with Gasteiger partial charge in [-0.15, -0.1) is 0 Å². The predicted molar refractivity (Wildman–Crippen MR) is 74.5 cm³/mol. The summed E-state index contributed by atoms with van der Waals surface area (Å²) in [7, 11) is -3.86. The number of hydrogen-bond acceptors (Lipinski definition) is 4. The minimum absolute atomic E-state index is 0.187. The molecule has 2 saturated heterocycles. The molecular weight excluding hydrogens is 281 g/mol. The molecule has 1 aromatic carbocycles. The van der Waals surface area contributed by atoms with E-state index in [1.54, 1.807) is 0 Å². The van der Waals surface area contributed by atoms with E-state index in [1.165, 1.54) is 12.1 Å². The van der Waals surface area contributed by atoms with Crippen LogP contribution in [0.3, 0.4) is 0 Å². The zero-order valence-electron chi connectivity index (χ0n) is 11.0. The molecule has 3 N–H and O–H groups in total. The van der Waals surface area contributed by atoms with Crippen LogP contribution in [-0.4, -0.2) is 34.1 Å². The molecule has 20 heavy (non-hydrogen) atoms. The van der Waals surface area contributed by atoms with Gasteiger partial charge in [-0.25, -0.2) is 17.9 Å². The Balaban J connectivity index is 1.85. The predicted octanol–water partition coefficient (Wildman–Crippen LogP) is 0.661. The molecule has 2 heterocycles. The van der Waals surface area contributed by atoms with Gasteiger partial charge in [0.15, 0.2) is 0 Å². The summed E-state index contributed by atoms with van der Waals surface area (Å²) in [5.74, 6) is 0.0104. The fraction of sp³-hybridized carbons (Fsp3) is 0.538. The summed E-state index contributed by atoms with van der Waals surface area (Å²) >= 11 is 0. The van der Waals surface area contributed by atoms with Gasteiger partial charge in [0.05, 0.1) is 10.6 Å². The lowest BCUT2D eigenvalue weighted by molar-refractivity contribution is 0.340. The van der Waals surface area contributed by atoms with E-state index in [-0.39, 0.29) is 4.90 Å². The Bertz CT molecular complexity index is 606. The lowest BCUT2D eigenvalue weighted by atomic mass is 9.94. The normalized spacial score (nSPS) is 26.6. The topological polar surface area (TPSA) is 75.4 Å². The Morgan fingerprint density at radius 3 is 2.80 bits per heavy atom. The van der Waals surface area contributed by atoms with Crippen molar-refractivity contribution >= 4 is 15.7 Å². The van der Waals surface area contributed by atoms with Gasteiger partial charge >= 0.3 is 0 Å². The van der Waals surface area contributed by atoms with Gasteiger partial charge in [-0.05, 0) is 43.5 Å². The number of benzene rings is 1. The zero-order valence-corrected chi connectivity index (χ0v) is 11.9. The molecule has 2 aliphatic heterocycles. The van der Waals surface area contributed by atoms with E-state index in [0.29, 0.717) is 17.6 Å². The zero-order chi connectivity index (χ0) is 14.3. The first-order valence-corrected chi connectivity index (χ1v) is 8.30. The molecule has 1 aromatic rings. The van der Waals surface area contributed by atoms with Crippen molar-refractivity contribution in [3.8, 4) is 0 Å². The van der Waals surface area contributed by atoms with E-state index in [2.05, 4.69) is 5.32 Å². The summed E-state index contributed by atoms with van der Waals surface area (Å²) in [6, 6.07) is 4.27. The van der Waals surface area contributed by atoms with E-state index in [4.69, 9.17) is 5.14 Å². The van der Waals surface area contributed by atoms with Gasteiger partial charge in [-0.3, -0.25) is 0 Å². The number of piperidine rings is 1. The first kappa shape index (κ1) is 13.8. The molecule has 0 aliphatic carbocycles. The first-order chi connectivity index (χ1) is 9.45. The lowest BCUT2D eigenvalue weighted by Gasteiger charge is -2.24. The van der Waals surface area contributed by atoms with Crippen molar-refractivity contribution in [2.75, 3.05) is 24.5 Å². The third-order valence-electron chi connectivity index (χ3n) is 4.19. The number of anilines is 1. The second-order valence-electron chi connectivity index (χ2n) is 5.53. The smallest absolute Gasteiger partial charge is 0.238 e. The molecule has 5 nitrogen and oxygen atoms in total. The Morgan fingerprint density at radius 2 is 2.15 bits per heavy atom. The molecule has 0 amide bonds. The van der Waals surface area contributed by atoms with Crippen LogP contribution in [0.2, 0.25) is 0 Å². The molecule has 0 aromatic heterocycles. The van der Waals surface area contributed by atoms with Crippen LogP contribution in [-0.2, 0) is 10.0 Å². The Labute approximate surface area is 118 Å². The molecule has 3 rings (SSSR count). The number of hydrogen-bond donors (Lipinski definition) is 2. The van der Waals surface area contributed by atoms with Crippen molar-refractivity contribution in [1.29, 1.82) is 0 Å². The van der Waals surface area contributed by atoms with Crippen LogP contribution in [0, 0.1) is 11.7 Å². The molecule has 110 valence electrons. The van der Waals surface area contributed by atoms with Crippen molar-refractivity contribution in [3.05, 3.63) is 24.0 Å². The Morgan fingerprint density at radius 1 is 1.35 bits per heavy atom. The van der Waals surface area contributed by atoms with Gasteiger partial charge in [0.2, 0.25) is 10.0 Å². The van der Waals surface area contributed by atoms with Gasteiger partial charge in [0, 0.05) is 19.1 Å². The van der Waals surface area contributed by atoms with Crippen LogP contribution in [0.15, 0.2) is 23.1 Å². The third kappa shape index (κ3) is 2.53. The molecule has 0 bridgehead atoms. The standard InChI is InChI=1S/C13H18FN3O2S/c14-11-6-10(20(15,18)19)3-4-13(11)17-7-9-2-1-5-16-12(9)8-17/h3-4,6,9,12,16H,1-2,5,7-8H2,(H2,15,18,19). The van der Waals surface area contributed by atoms with E-state index in [1.807, 2.05) is 4.90 Å². The Hall–Kier alpha value is -1.18. The van der Waals surface area contributed by atoms with Crippen LogP contribution < -0.4 is 15.4 Å². The highest BCUT2D eigenvalue weighted by Gasteiger charge is 2.35. The van der Waals surface area contributed by atoms with Crippen molar-refractivity contribution in [3.63, 3.8) is 0 Å². The quantitative estimate of drug-likeness (QED) is 0.841. The maximum Gasteiger partial charge on any atom is 0.238 e. The van der Waals surface area contributed by atoms with Crippen LogP contribution >= 0.6 is 0 Å². The highest BCUT2D eigenvalue weighted by molar-refractivity contribution is 7.89. The summed E-state index contributed by atoms with van der Waals surface area (Å²) in [6.45, 7) is 2.58. The van der Waals surface area contributed by atoms with Gasteiger partial charge in [-0.2, -0.15) is 0 Å². The van der Waals surface area contributed by atoms with E-state index >= 15 is 0 Å². The van der Waals surface area contributed by atoms with Crippen molar-refractivity contribution in [2.45, 2.75) is 23.8 Å². The number of primary sulfonamides is 1. The molecule has 0 spiro atoms. The third-order valence-corrected chi connectivity index (χ3v) is 5.10. The summed E-state index contributed by atoms with van der Waals surface area (Å²) < 4.78 is 36.5. The minimum atomic E-state index is -3.86. The number of fused-ring (bicyclic) bond motifs is 1. The lowest BCUT2D eigenvalue weighted by Crippen LogP contribution is -2.40. The van der Waals surface area contributed by atoms with E-state index < -0.39 is 15.8 Å². The summed E-state index contributed by atoms with van der Waals surface area (Å²) in [5.41, 5.74) is 0.452. The van der Waals surface area contributed by atoms with Crippen LogP contribution in [0.4, 0.5) is 10.1 Å². The van der Waals surface area contributed by atoms with Crippen molar-refractivity contribution < 1.29 is 12.8 Å². The number of rotatable bonds is 2. The summed E-state index contributed by atoms with van der Waals surface area (Å²) in [4.78, 5) is 1.80. The molecule has 2 unspecified atom stereocenters. The largest absolute Gasteiger partial charge is 0.367 e. The minimum Gasteiger partial charge on any atom is -0.367 e. The molecule has 0 radical (unpaired) electrons. The fourth-order valence-electron chi connectivity index (χ4n) is 3.16. The van der Waals surface area contributed by atoms with Crippen molar-refractivity contribution in [1.82, 2.24) is 5.32 Å². The first-order valence-electron chi connectivity index (χ1n) is 6.76. The highest BCUT2D eigenvalue weighted by Crippen LogP contribution is 2.31. The number of nitrogens with zero attached hydrogens (tertiary/aromatic N) is 1. The van der Waals surface area contributed by atoms with Crippen LogP contribution in [0.25, 0.3) is 0 Å². The molecule has 2 atom stereocenters. The number of halogens is 1. The maximum absolute atomic E-state index is 14.1. The molecular formula is C13H18FN3O2S. The second kappa shape index (κ2) is 4.98. The molecule has 2 fully saturated rings. The molecule has 2 aliphatic rings. The van der Waals surface area contributed by atoms with Gasteiger partial charge < -0.3 is 10.2 Å². The van der Waals surface area contributed by atoms with Gasteiger partial charge in [0.25, 0.3) is 0 Å². The molecule has 7 heteroatoms. The summed E-state index contributed by atoms with van der Waals surface area (Å²) in [6.07, 6.45) is 2.31. The average Bonchev–Trinajstić information content (AvgIpc) is 2.80. The number of sulfonamides is 1. The number of nitrogens with two attached hydrogens (primary N) is 1. The Kier molecular flexibility index (Phi) is 3.43. The van der Waals surface area contributed by atoms with Crippen LogP contribution in [0.1, 0.15) is 12.8 Å².